The lowest BCUT2D eigenvalue weighted by Crippen LogP contribution is -2.03. The molecule has 0 heterocycles. The normalized spacial score (nSPS) is 22.9. The standard InChI is InChI=1S/C10H15NO/c1-3-9-4-8(6-12)5-10(9)7(2)11/h3,8,12H,1-2,4-6,11H2/t8-/m1/s1. The first-order chi connectivity index (χ1) is 5.69. The zero-order chi connectivity index (χ0) is 9.14. The van der Waals surface area contributed by atoms with Crippen LogP contribution in [0.2, 0.25) is 0 Å². The largest absolute Gasteiger partial charge is 0.399 e. The second-order valence-electron chi connectivity index (χ2n) is 3.19. The fourth-order valence-electron chi connectivity index (χ4n) is 1.60. The van der Waals surface area contributed by atoms with E-state index in [4.69, 9.17) is 10.8 Å². The lowest BCUT2D eigenvalue weighted by Gasteiger charge is -2.04. The Labute approximate surface area is 73.1 Å². The summed E-state index contributed by atoms with van der Waals surface area (Å²) >= 11 is 0. The summed E-state index contributed by atoms with van der Waals surface area (Å²) in [5.41, 5.74) is 8.42. The molecule has 0 saturated heterocycles. The molecular weight excluding hydrogens is 150 g/mol. The molecular formula is C10H15NO. The summed E-state index contributed by atoms with van der Waals surface area (Å²) in [7, 11) is 0. The maximum absolute atomic E-state index is 8.95. The van der Waals surface area contributed by atoms with Crippen molar-refractivity contribution in [3.63, 3.8) is 0 Å². The Morgan fingerprint density at radius 1 is 1.67 bits per heavy atom. The molecule has 0 fully saturated rings. The van der Waals surface area contributed by atoms with Crippen LogP contribution in [0.25, 0.3) is 0 Å². The van der Waals surface area contributed by atoms with Crippen molar-refractivity contribution in [2.24, 2.45) is 11.7 Å². The molecule has 0 saturated carbocycles. The van der Waals surface area contributed by atoms with E-state index < -0.39 is 0 Å². The molecule has 2 heteroatoms. The highest BCUT2D eigenvalue weighted by atomic mass is 16.3. The van der Waals surface area contributed by atoms with Crippen molar-refractivity contribution < 1.29 is 5.11 Å². The molecule has 0 unspecified atom stereocenters. The molecule has 0 aromatic carbocycles. The predicted octanol–water partition coefficient (Wildman–Crippen LogP) is 1.34. The van der Waals surface area contributed by atoms with Crippen LogP contribution >= 0.6 is 0 Å². The molecule has 0 spiro atoms. The van der Waals surface area contributed by atoms with E-state index in [1.165, 1.54) is 0 Å². The van der Waals surface area contributed by atoms with Gasteiger partial charge in [-0.05, 0) is 29.9 Å². The van der Waals surface area contributed by atoms with Gasteiger partial charge in [-0.1, -0.05) is 19.2 Å². The van der Waals surface area contributed by atoms with Crippen LogP contribution in [0, 0.1) is 5.92 Å². The van der Waals surface area contributed by atoms with Gasteiger partial charge < -0.3 is 10.8 Å². The smallest absolute Gasteiger partial charge is 0.0465 e. The Hall–Kier alpha value is -1.02. The molecule has 1 aliphatic carbocycles. The molecule has 0 aromatic heterocycles. The maximum atomic E-state index is 8.95. The van der Waals surface area contributed by atoms with Crippen molar-refractivity contribution >= 4 is 0 Å². The second-order valence-corrected chi connectivity index (χ2v) is 3.19. The van der Waals surface area contributed by atoms with Gasteiger partial charge in [-0.2, -0.15) is 0 Å². The Kier molecular flexibility index (Phi) is 2.71. The van der Waals surface area contributed by atoms with E-state index in [1.807, 2.05) is 6.08 Å². The van der Waals surface area contributed by atoms with Gasteiger partial charge in [0.05, 0.1) is 0 Å². The number of nitrogens with two attached hydrogens (primary N) is 1. The third kappa shape index (κ3) is 1.59. The highest BCUT2D eigenvalue weighted by Crippen LogP contribution is 2.33. The molecule has 0 aliphatic heterocycles. The predicted molar refractivity (Wildman–Crippen MR) is 50.4 cm³/mol. The van der Waals surface area contributed by atoms with E-state index in [0.29, 0.717) is 11.6 Å². The number of aliphatic hydroxyl groups excluding tert-OH is 1. The molecule has 0 bridgehead atoms. The molecule has 3 N–H and O–H groups in total. The lowest BCUT2D eigenvalue weighted by molar-refractivity contribution is 0.232. The summed E-state index contributed by atoms with van der Waals surface area (Å²) in [5, 5.41) is 8.95. The Morgan fingerprint density at radius 2 is 2.33 bits per heavy atom. The number of rotatable bonds is 3. The number of allylic oxidation sites excluding steroid dienone is 3. The maximum Gasteiger partial charge on any atom is 0.0465 e. The Morgan fingerprint density at radius 3 is 2.67 bits per heavy atom. The van der Waals surface area contributed by atoms with Crippen molar-refractivity contribution in [2.45, 2.75) is 12.8 Å². The average Bonchev–Trinajstić information content (AvgIpc) is 2.47. The van der Waals surface area contributed by atoms with E-state index in [-0.39, 0.29) is 6.61 Å². The fraction of sp³-hybridized carbons (Fsp3) is 0.400. The first-order valence-electron chi connectivity index (χ1n) is 4.09. The van der Waals surface area contributed by atoms with Crippen LogP contribution in [-0.4, -0.2) is 11.7 Å². The van der Waals surface area contributed by atoms with Crippen molar-refractivity contribution in [1.82, 2.24) is 0 Å². The molecule has 1 rings (SSSR count). The number of aliphatic hydroxyl groups is 1. The summed E-state index contributed by atoms with van der Waals surface area (Å²) in [6.45, 7) is 7.62. The first-order valence-corrected chi connectivity index (χ1v) is 4.09. The molecule has 1 atom stereocenters. The highest BCUT2D eigenvalue weighted by Gasteiger charge is 2.22. The van der Waals surface area contributed by atoms with Gasteiger partial charge in [0.25, 0.3) is 0 Å². The summed E-state index contributed by atoms with van der Waals surface area (Å²) < 4.78 is 0. The zero-order valence-electron chi connectivity index (χ0n) is 7.21. The Balaban J connectivity index is 2.80. The monoisotopic (exact) mass is 165 g/mol. The van der Waals surface area contributed by atoms with Crippen LogP contribution in [0.5, 0.6) is 0 Å². The quantitative estimate of drug-likeness (QED) is 0.663. The van der Waals surface area contributed by atoms with Crippen LogP contribution in [0.15, 0.2) is 36.1 Å². The van der Waals surface area contributed by atoms with E-state index in [9.17, 15) is 0 Å². The Bertz CT molecular complexity index is 240. The van der Waals surface area contributed by atoms with Crippen molar-refractivity contribution in [3.8, 4) is 0 Å². The van der Waals surface area contributed by atoms with E-state index in [1.54, 1.807) is 0 Å². The van der Waals surface area contributed by atoms with Crippen molar-refractivity contribution in [2.75, 3.05) is 6.61 Å². The highest BCUT2D eigenvalue weighted by molar-refractivity contribution is 5.40. The van der Waals surface area contributed by atoms with Gasteiger partial charge in [-0.15, -0.1) is 0 Å². The van der Waals surface area contributed by atoms with Crippen LogP contribution in [0.4, 0.5) is 0 Å². The molecule has 1 aliphatic rings. The molecule has 0 radical (unpaired) electrons. The van der Waals surface area contributed by atoms with Gasteiger partial charge in [-0.25, -0.2) is 0 Å². The minimum absolute atomic E-state index is 0.216. The molecule has 0 aromatic rings. The molecule has 2 nitrogen and oxygen atoms in total. The molecule has 12 heavy (non-hydrogen) atoms. The summed E-state index contributed by atoms with van der Waals surface area (Å²) in [4.78, 5) is 0. The van der Waals surface area contributed by atoms with Crippen LogP contribution in [0.3, 0.4) is 0 Å². The van der Waals surface area contributed by atoms with Gasteiger partial charge in [0, 0.05) is 12.3 Å². The first kappa shape index (κ1) is 9.07. The summed E-state index contributed by atoms with van der Waals surface area (Å²) in [5.74, 6) is 0.313. The summed E-state index contributed by atoms with van der Waals surface area (Å²) in [6, 6.07) is 0. The zero-order valence-corrected chi connectivity index (χ0v) is 7.21. The van der Waals surface area contributed by atoms with Gasteiger partial charge in [-0.3, -0.25) is 0 Å². The van der Waals surface area contributed by atoms with Crippen LogP contribution < -0.4 is 5.73 Å². The fourth-order valence-corrected chi connectivity index (χ4v) is 1.60. The topological polar surface area (TPSA) is 46.2 Å². The van der Waals surface area contributed by atoms with E-state index in [2.05, 4.69) is 13.2 Å². The van der Waals surface area contributed by atoms with E-state index in [0.717, 1.165) is 24.0 Å². The minimum Gasteiger partial charge on any atom is -0.399 e. The van der Waals surface area contributed by atoms with E-state index >= 15 is 0 Å². The third-order valence-corrected chi connectivity index (χ3v) is 2.28. The lowest BCUT2D eigenvalue weighted by atomic mass is 10.1. The SMILES string of the molecule is C=CC1=C(C(=C)N)C[C@H](CO)C1. The van der Waals surface area contributed by atoms with Crippen LogP contribution in [-0.2, 0) is 0 Å². The molecule has 66 valence electrons. The van der Waals surface area contributed by atoms with Gasteiger partial charge >= 0.3 is 0 Å². The molecule has 0 amide bonds. The van der Waals surface area contributed by atoms with Crippen LogP contribution in [0.1, 0.15) is 12.8 Å². The van der Waals surface area contributed by atoms with Gasteiger partial charge in [0.2, 0.25) is 0 Å². The second kappa shape index (κ2) is 3.59. The van der Waals surface area contributed by atoms with Crippen molar-refractivity contribution in [1.29, 1.82) is 0 Å². The minimum atomic E-state index is 0.216. The van der Waals surface area contributed by atoms with Gasteiger partial charge in [0.15, 0.2) is 0 Å². The van der Waals surface area contributed by atoms with Crippen molar-refractivity contribution in [3.05, 3.63) is 36.1 Å². The summed E-state index contributed by atoms with van der Waals surface area (Å²) in [6.07, 6.45) is 3.53. The number of hydrogen-bond acceptors (Lipinski definition) is 2. The third-order valence-electron chi connectivity index (χ3n) is 2.28. The average molecular weight is 165 g/mol. The number of hydrogen-bond donors (Lipinski definition) is 2. The van der Waals surface area contributed by atoms with Gasteiger partial charge in [0.1, 0.15) is 0 Å².